The molecule has 0 aromatic carbocycles. The Bertz CT molecular complexity index is 592. The van der Waals surface area contributed by atoms with Crippen molar-refractivity contribution in [1.29, 1.82) is 0 Å². The number of fused-ring (bicyclic) bond motifs is 1. The molecule has 0 aliphatic carbocycles. The van der Waals surface area contributed by atoms with E-state index < -0.39 is 0 Å². The van der Waals surface area contributed by atoms with E-state index in [1.165, 1.54) is 4.40 Å². The van der Waals surface area contributed by atoms with E-state index in [0.29, 0.717) is 17.3 Å². The van der Waals surface area contributed by atoms with Crippen LogP contribution in [0.3, 0.4) is 0 Å². The SMILES string of the molecule is CC(C)(C)CCn1c(Cl)cc2nccn2c1=O. The molecule has 5 heteroatoms. The lowest BCUT2D eigenvalue weighted by Gasteiger charge is -2.19. The molecule has 0 atom stereocenters. The summed E-state index contributed by atoms with van der Waals surface area (Å²) in [6.45, 7) is 7.04. The average molecular weight is 254 g/mol. The Morgan fingerprint density at radius 3 is 2.76 bits per heavy atom. The molecule has 2 aromatic rings. The minimum absolute atomic E-state index is 0.130. The van der Waals surface area contributed by atoms with Crippen LogP contribution in [-0.4, -0.2) is 14.0 Å². The zero-order valence-electron chi connectivity index (χ0n) is 10.3. The lowest BCUT2D eigenvalue weighted by atomic mass is 9.92. The van der Waals surface area contributed by atoms with Gasteiger partial charge in [-0.2, -0.15) is 0 Å². The number of nitrogens with zero attached hydrogens (tertiary/aromatic N) is 3. The summed E-state index contributed by atoms with van der Waals surface area (Å²) in [5.41, 5.74) is 0.633. The average Bonchev–Trinajstić information content (AvgIpc) is 2.63. The van der Waals surface area contributed by atoms with Crippen LogP contribution in [0.15, 0.2) is 23.3 Å². The molecule has 17 heavy (non-hydrogen) atoms. The molecule has 4 nitrogen and oxygen atoms in total. The highest BCUT2D eigenvalue weighted by molar-refractivity contribution is 6.29. The maximum atomic E-state index is 12.1. The first kappa shape index (κ1) is 12.2. The van der Waals surface area contributed by atoms with Crippen LogP contribution in [0, 0.1) is 5.41 Å². The highest BCUT2D eigenvalue weighted by Gasteiger charge is 2.13. The smallest absolute Gasteiger partial charge is 0.283 e. The molecule has 0 unspecified atom stereocenters. The van der Waals surface area contributed by atoms with Crippen molar-refractivity contribution in [2.45, 2.75) is 33.7 Å². The molecule has 0 amide bonds. The van der Waals surface area contributed by atoms with Gasteiger partial charge in [0.2, 0.25) is 0 Å². The van der Waals surface area contributed by atoms with Crippen molar-refractivity contribution in [3.8, 4) is 0 Å². The summed E-state index contributed by atoms with van der Waals surface area (Å²) in [5, 5.41) is 0.443. The third kappa shape index (κ3) is 2.52. The maximum Gasteiger partial charge on any atom is 0.335 e. The molecule has 0 saturated heterocycles. The van der Waals surface area contributed by atoms with E-state index in [0.717, 1.165) is 6.42 Å². The van der Waals surface area contributed by atoms with E-state index >= 15 is 0 Å². The molecule has 0 bridgehead atoms. The van der Waals surface area contributed by atoms with Gasteiger partial charge >= 0.3 is 5.69 Å². The monoisotopic (exact) mass is 253 g/mol. The van der Waals surface area contributed by atoms with Gasteiger partial charge in [-0.15, -0.1) is 0 Å². The molecule has 2 heterocycles. The van der Waals surface area contributed by atoms with Crippen LogP contribution in [-0.2, 0) is 6.54 Å². The standard InChI is InChI=1S/C12H16ClN3O/c1-12(2,3)4-6-15-9(13)8-10-14-5-7-16(10)11(15)17/h5,7-8H,4,6H2,1-3H3. The minimum Gasteiger partial charge on any atom is -0.283 e. The summed E-state index contributed by atoms with van der Waals surface area (Å²) in [6, 6.07) is 1.71. The Hall–Kier alpha value is -1.29. The van der Waals surface area contributed by atoms with Gasteiger partial charge in [-0.05, 0) is 11.8 Å². The van der Waals surface area contributed by atoms with Crippen LogP contribution in [0.4, 0.5) is 0 Å². The van der Waals surface area contributed by atoms with E-state index in [9.17, 15) is 4.79 Å². The van der Waals surface area contributed by atoms with Crippen LogP contribution < -0.4 is 5.69 Å². The number of aromatic nitrogens is 3. The van der Waals surface area contributed by atoms with Crippen molar-refractivity contribution in [3.63, 3.8) is 0 Å². The fourth-order valence-corrected chi connectivity index (χ4v) is 1.89. The van der Waals surface area contributed by atoms with Crippen molar-refractivity contribution in [1.82, 2.24) is 14.0 Å². The molecule has 0 N–H and O–H groups in total. The topological polar surface area (TPSA) is 39.3 Å². The second kappa shape index (κ2) is 4.18. The van der Waals surface area contributed by atoms with Gasteiger partial charge in [-0.1, -0.05) is 32.4 Å². The normalized spacial score (nSPS) is 12.2. The summed E-state index contributed by atoms with van der Waals surface area (Å²) < 4.78 is 3.09. The Morgan fingerprint density at radius 2 is 2.12 bits per heavy atom. The molecule has 0 radical (unpaired) electrons. The zero-order valence-corrected chi connectivity index (χ0v) is 11.0. The Morgan fingerprint density at radius 1 is 1.41 bits per heavy atom. The number of imidazole rings is 1. The Balaban J connectivity index is 2.43. The number of rotatable bonds is 2. The van der Waals surface area contributed by atoms with Crippen molar-refractivity contribution in [2.24, 2.45) is 5.41 Å². The van der Waals surface area contributed by atoms with Crippen LogP contribution in [0.25, 0.3) is 5.65 Å². The third-order valence-corrected chi connectivity index (χ3v) is 3.01. The summed E-state index contributed by atoms with van der Waals surface area (Å²) in [7, 11) is 0. The molecular weight excluding hydrogens is 238 g/mol. The Labute approximate surface area is 105 Å². The van der Waals surface area contributed by atoms with Crippen molar-refractivity contribution in [2.75, 3.05) is 0 Å². The van der Waals surface area contributed by atoms with Gasteiger partial charge in [-0.25, -0.2) is 9.78 Å². The molecule has 0 saturated carbocycles. The zero-order chi connectivity index (χ0) is 12.6. The highest BCUT2D eigenvalue weighted by atomic mass is 35.5. The van der Waals surface area contributed by atoms with Gasteiger partial charge in [0.25, 0.3) is 0 Å². The van der Waals surface area contributed by atoms with Gasteiger partial charge in [-0.3, -0.25) is 8.97 Å². The fourth-order valence-electron chi connectivity index (χ4n) is 1.64. The van der Waals surface area contributed by atoms with E-state index in [1.54, 1.807) is 23.0 Å². The van der Waals surface area contributed by atoms with Crippen molar-refractivity contribution in [3.05, 3.63) is 34.1 Å². The summed E-state index contributed by atoms with van der Waals surface area (Å²) >= 11 is 6.10. The predicted molar refractivity (Wildman–Crippen MR) is 68.5 cm³/mol. The van der Waals surface area contributed by atoms with Gasteiger partial charge in [0, 0.05) is 25.0 Å². The van der Waals surface area contributed by atoms with E-state index in [2.05, 4.69) is 25.8 Å². The molecule has 2 aromatic heterocycles. The predicted octanol–water partition coefficient (Wildman–Crippen LogP) is 2.59. The van der Waals surface area contributed by atoms with Crippen LogP contribution in [0.1, 0.15) is 27.2 Å². The van der Waals surface area contributed by atoms with E-state index in [4.69, 9.17) is 11.6 Å². The number of hydrogen-bond acceptors (Lipinski definition) is 2. The molecule has 0 aliphatic rings. The molecule has 2 rings (SSSR count). The maximum absolute atomic E-state index is 12.1. The quantitative estimate of drug-likeness (QED) is 0.772. The van der Waals surface area contributed by atoms with E-state index in [-0.39, 0.29) is 11.1 Å². The van der Waals surface area contributed by atoms with Crippen molar-refractivity contribution < 1.29 is 0 Å². The van der Waals surface area contributed by atoms with Crippen molar-refractivity contribution >= 4 is 17.2 Å². The van der Waals surface area contributed by atoms with Gasteiger partial charge in [0.15, 0.2) is 0 Å². The highest BCUT2D eigenvalue weighted by Crippen LogP contribution is 2.20. The summed E-state index contributed by atoms with van der Waals surface area (Å²) in [4.78, 5) is 16.2. The first-order valence-corrected chi connectivity index (χ1v) is 5.99. The largest absolute Gasteiger partial charge is 0.335 e. The summed E-state index contributed by atoms with van der Waals surface area (Å²) in [5.74, 6) is 0. The summed E-state index contributed by atoms with van der Waals surface area (Å²) in [6.07, 6.45) is 4.15. The Kier molecular flexibility index (Phi) is 3.00. The third-order valence-electron chi connectivity index (χ3n) is 2.70. The minimum atomic E-state index is -0.130. The van der Waals surface area contributed by atoms with Gasteiger partial charge in [0.05, 0.1) is 0 Å². The molecule has 92 valence electrons. The second-order valence-electron chi connectivity index (χ2n) is 5.37. The molecule has 0 aliphatic heterocycles. The van der Waals surface area contributed by atoms with Gasteiger partial charge in [0.1, 0.15) is 10.8 Å². The lowest BCUT2D eigenvalue weighted by Crippen LogP contribution is -2.28. The molecular formula is C12H16ClN3O. The van der Waals surface area contributed by atoms with Gasteiger partial charge < -0.3 is 0 Å². The second-order valence-corrected chi connectivity index (χ2v) is 5.75. The van der Waals surface area contributed by atoms with Crippen LogP contribution >= 0.6 is 11.6 Å². The lowest BCUT2D eigenvalue weighted by molar-refractivity contribution is 0.346. The molecule has 0 fully saturated rings. The number of hydrogen-bond donors (Lipinski definition) is 0. The first-order valence-electron chi connectivity index (χ1n) is 5.61. The number of halogens is 1. The van der Waals surface area contributed by atoms with E-state index in [1.807, 2.05) is 0 Å². The molecule has 0 spiro atoms. The van der Waals surface area contributed by atoms with Crippen LogP contribution in [0.5, 0.6) is 0 Å². The first-order chi connectivity index (χ1) is 7.88. The fraction of sp³-hybridized carbons (Fsp3) is 0.500. The van der Waals surface area contributed by atoms with Crippen LogP contribution in [0.2, 0.25) is 5.15 Å².